The first-order chi connectivity index (χ1) is 16.0. The van der Waals surface area contributed by atoms with Gasteiger partial charge in [-0.2, -0.15) is 26.9 Å². The summed E-state index contributed by atoms with van der Waals surface area (Å²) in [5, 5.41) is 12.0. The molecule has 34 heavy (non-hydrogen) atoms. The van der Waals surface area contributed by atoms with E-state index in [0.29, 0.717) is 5.02 Å². The highest BCUT2D eigenvalue weighted by Crippen LogP contribution is 2.31. The summed E-state index contributed by atoms with van der Waals surface area (Å²) in [5.74, 6) is -1.16. The van der Waals surface area contributed by atoms with E-state index in [0.717, 1.165) is 24.3 Å². The van der Waals surface area contributed by atoms with Crippen LogP contribution in [0.2, 0.25) is 5.02 Å². The van der Waals surface area contributed by atoms with Crippen LogP contribution in [0.25, 0.3) is 6.08 Å². The molecule has 0 saturated carbocycles. The van der Waals surface area contributed by atoms with Crippen LogP contribution in [0.4, 0.5) is 18.9 Å². The van der Waals surface area contributed by atoms with Gasteiger partial charge in [0.15, 0.2) is 0 Å². The maximum atomic E-state index is 12.9. The molecule has 0 heterocycles. The molecule has 0 aliphatic rings. The van der Waals surface area contributed by atoms with Crippen LogP contribution in [0.5, 0.6) is 5.75 Å². The molecule has 0 unspecified atom stereocenters. The molecule has 3 aromatic rings. The molecule has 1 amide bonds. The van der Waals surface area contributed by atoms with Crippen molar-refractivity contribution in [3.05, 3.63) is 94.5 Å². The summed E-state index contributed by atoms with van der Waals surface area (Å²) in [4.78, 5) is 12.3. The van der Waals surface area contributed by atoms with E-state index in [1.165, 1.54) is 54.6 Å². The van der Waals surface area contributed by atoms with E-state index in [1.54, 1.807) is 6.07 Å². The van der Waals surface area contributed by atoms with Crippen LogP contribution in [-0.4, -0.2) is 14.3 Å². The molecule has 0 fully saturated rings. The highest BCUT2D eigenvalue weighted by atomic mass is 35.5. The molecule has 0 atom stereocenters. The fourth-order valence-corrected chi connectivity index (χ4v) is 3.80. The summed E-state index contributed by atoms with van der Waals surface area (Å²) in [6.07, 6.45) is -3.55. The van der Waals surface area contributed by atoms with Crippen LogP contribution in [0.1, 0.15) is 11.1 Å². The third-order valence-electron chi connectivity index (χ3n) is 4.33. The normalized spacial score (nSPS) is 12.0. The molecule has 0 aromatic heterocycles. The summed E-state index contributed by atoms with van der Waals surface area (Å²) >= 11 is 5.77. The number of nitriles is 1. The number of nitrogens with zero attached hydrogens (tertiary/aromatic N) is 1. The number of hydrogen-bond donors (Lipinski definition) is 1. The number of alkyl halides is 3. The molecular weight excluding hydrogens is 493 g/mol. The number of rotatable bonds is 6. The third kappa shape index (κ3) is 6.15. The molecule has 11 heteroatoms. The van der Waals surface area contributed by atoms with E-state index < -0.39 is 33.3 Å². The first-order valence-electron chi connectivity index (χ1n) is 9.39. The van der Waals surface area contributed by atoms with Crippen LogP contribution in [0, 0.1) is 11.3 Å². The Morgan fingerprint density at radius 1 is 1.03 bits per heavy atom. The lowest BCUT2D eigenvalue weighted by Gasteiger charge is -2.11. The number of carbonyl (C=O) groups is 1. The van der Waals surface area contributed by atoms with Crippen LogP contribution in [0.3, 0.4) is 0 Å². The van der Waals surface area contributed by atoms with E-state index in [9.17, 15) is 31.6 Å². The van der Waals surface area contributed by atoms with Gasteiger partial charge in [-0.1, -0.05) is 35.9 Å². The Hall–Kier alpha value is -3.81. The van der Waals surface area contributed by atoms with Crippen molar-refractivity contribution in [3.8, 4) is 11.8 Å². The van der Waals surface area contributed by atoms with Gasteiger partial charge in [-0.15, -0.1) is 0 Å². The first kappa shape index (κ1) is 24.8. The quantitative estimate of drug-likeness (QED) is 0.264. The van der Waals surface area contributed by atoms with E-state index in [2.05, 4.69) is 5.32 Å². The van der Waals surface area contributed by atoms with Crippen molar-refractivity contribution in [1.29, 1.82) is 5.26 Å². The number of amides is 1. The van der Waals surface area contributed by atoms with Gasteiger partial charge in [0, 0.05) is 16.3 Å². The molecular formula is C23H14ClF3N2O4S. The number of nitrogens with one attached hydrogen (secondary N) is 1. The van der Waals surface area contributed by atoms with Gasteiger partial charge in [-0.25, -0.2) is 0 Å². The van der Waals surface area contributed by atoms with Gasteiger partial charge in [0.2, 0.25) is 0 Å². The minimum atomic E-state index is -4.61. The van der Waals surface area contributed by atoms with E-state index in [-0.39, 0.29) is 21.9 Å². The van der Waals surface area contributed by atoms with Gasteiger partial charge in [0.05, 0.1) is 5.56 Å². The Balaban J connectivity index is 1.88. The summed E-state index contributed by atoms with van der Waals surface area (Å²) in [6.45, 7) is 0. The number of anilines is 1. The predicted molar refractivity (Wildman–Crippen MR) is 119 cm³/mol. The fraction of sp³-hybridized carbons (Fsp3) is 0.0435. The van der Waals surface area contributed by atoms with Gasteiger partial charge in [0.1, 0.15) is 22.3 Å². The molecule has 174 valence electrons. The van der Waals surface area contributed by atoms with Crippen molar-refractivity contribution in [1.82, 2.24) is 0 Å². The Morgan fingerprint density at radius 2 is 1.71 bits per heavy atom. The van der Waals surface area contributed by atoms with Crippen LogP contribution >= 0.6 is 11.6 Å². The SMILES string of the molecule is N#C/C(=C\c1ccccc1OS(=O)(=O)c1ccc(Cl)cc1)C(=O)Nc1cccc(C(F)(F)F)c1. The number of benzene rings is 3. The molecule has 0 spiro atoms. The lowest BCUT2D eigenvalue weighted by atomic mass is 10.1. The Bertz CT molecular complexity index is 1400. The van der Waals surface area contributed by atoms with E-state index >= 15 is 0 Å². The monoisotopic (exact) mass is 506 g/mol. The van der Waals surface area contributed by atoms with Crippen LogP contribution < -0.4 is 9.50 Å². The molecule has 3 aromatic carbocycles. The Labute approximate surface area is 198 Å². The Morgan fingerprint density at radius 3 is 2.35 bits per heavy atom. The summed E-state index contributed by atoms with van der Waals surface area (Å²) in [5.41, 5.74) is -1.55. The van der Waals surface area contributed by atoms with Gasteiger partial charge in [-0.05, 0) is 54.6 Å². The summed E-state index contributed by atoms with van der Waals surface area (Å²) in [6, 6.07) is 16.5. The molecule has 0 aliphatic carbocycles. The zero-order valence-electron chi connectivity index (χ0n) is 17.0. The number of carbonyl (C=O) groups excluding carboxylic acids is 1. The maximum absolute atomic E-state index is 12.9. The maximum Gasteiger partial charge on any atom is 0.416 e. The molecule has 0 bridgehead atoms. The summed E-state index contributed by atoms with van der Waals surface area (Å²) in [7, 11) is -4.26. The second-order valence-electron chi connectivity index (χ2n) is 6.73. The third-order valence-corrected chi connectivity index (χ3v) is 5.83. The lowest BCUT2D eigenvalue weighted by Crippen LogP contribution is -2.15. The van der Waals surface area contributed by atoms with Crippen molar-refractivity contribution >= 4 is 39.4 Å². The molecule has 0 aliphatic heterocycles. The van der Waals surface area contributed by atoms with E-state index in [4.69, 9.17) is 15.8 Å². The molecule has 0 radical (unpaired) electrons. The van der Waals surface area contributed by atoms with Crippen LogP contribution in [0.15, 0.2) is 83.3 Å². The second-order valence-corrected chi connectivity index (χ2v) is 8.71. The van der Waals surface area contributed by atoms with Crippen LogP contribution in [-0.2, 0) is 21.1 Å². The molecule has 1 N–H and O–H groups in total. The number of para-hydroxylation sites is 1. The second kappa shape index (κ2) is 9.99. The minimum Gasteiger partial charge on any atom is -0.378 e. The van der Waals surface area contributed by atoms with Gasteiger partial charge in [0.25, 0.3) is 5.91 Å². The molecule has 6 nitrogen and oxygen atoms in total. The average molecular weight is 507 g/mol. The van der Waals surface area contributed by atoms with Crippen molar-refractivity contribution in [2.75, 3.05) is 5.32 Å². The highest BCUT2D eigenvalue weighted by Gasteiger charge is 2.30. The number of halogens is 4. The topological polar surface area (TPSA) is 96.3 Å². The van der Waals surface area contributed by atoms with Gasteiger partial charge >= 0.3 is 16.3 Å². The standard InChI is InChI=1S/C23H14ClF3N2O4S/c24-18-8-10-20(11-9-18)34(31,32)33-21-7-2-1-4-15(21)12-16(14-28)22(30)29-19-6-3-5-17(13-19)23(25,26)27/h1-13H,(H,29,30)/b16-12+. The highest BCUT2D eigenvalue weighted by molar-refractivity contribution is 7.87. The van der Waals surface area contributed by atoms with Crippen molar-refractivity contribution in [3.63, 3.8) is 0 Å². The van der Waals surface area contributed by atoms with E-state index in [1.807, 2.05) is 0 Å². The lowest BCUT2D eigenvalue weighted by molar-refractivity contribution is -0.137. The fourth-order valence-electron chi connectivity index (χ4n) is 2.72. The zero-order chi connectivity index (χ0) is 24.9. The predicted octanol–water partition coefficient (Wildman–Crippen LogP) is 5.67. The Kier molecular flexibility index (Phi) is 7.29. The smallest absolute Gasteiger partial charge is 0.378 e. The largest absolute Gasteiger partial charge is 0.416 e. The zero-order valence-corrected chi connectivity index (χ0v) is 18.6. The van der Waals surface area contributed by atoms with Gasteiger partial charge in [-0.3, -0.25) is 4.79 Å². The van der Waals surface area contributed by atoms with Crippen molar-refractivity contribution in [2.45, 2.75) is 11.1 Å². The van der Waals surface area contributed by atoms with Gasteiger partial charge < -0.3 is 9.50 Å². The van der Waals surface area contributed by atoms with Crippen molar-refractivity contribution in [2.24, 2.45) is 0 Å². The average Bonchev–Trinajstić information content (AvgIpc) is 2.78. The molecule has 3 rings (SSSR count). The summed E-state index contributed by atoms with van der Waals surface area (Å²) < 4.78 is 69.0. The molecule has 0 saturated heterocycles. The van der Waals surface area contributed by atoms with Crippen molar-refractivity contribution < 1.29 is 30.6 Å². The minimum absolute atomic E-state index is 0.0794. The first-order valence-corrected chi connectivity index (χ1v) is 11.2. The number of hydrogen-bond acceptors (Lipinski definition) is 5.